The van der Waals surface area contributed by atoms with Crippen LogP contribution in [-0.2, 0) is 13.1 Å². The van der Waals surface area contributed by atoms with Crippen LogP contribution in [-0.4, -0.2) is 26.3 Å². The van der Waals surface area contributed by atoms with Crippen LogP contribution >= 0.6 is 12.2 Å². The Balaban J connectivity index is 2.25. The predicted molar refractivity (Wildman–Crippen MR) is 78.7 cm³/mol. The summed E-state index contributed by atoms with van der Waals surface area (Å²) in [6, 6.07) is 4.04. The Hall–Kier alpha value is -1.69. The van der Waals surface area contributed by atoms with Crippen molar-refractivity contribution in [2.45, 2.75) is 33.4 Å². The predicted octanol–water partition coefficient (Wildman–Crippen LogP) is 2.77. The molecule has 0 fully saturated rings. The molecule has 6 heteroatoms. The normalized spacial score (nSPS) is 10.6. The molecule has 0 saturated heterocycles. The number of H-pyrrole nitrogens is 1. The molecule has 2 aromatic rings. The molecule has 0 atom stereocenters. The summed E-state index contributed by atoms with van der Waals surface area (Å²) >= 11 is 5.28. The minimum absolute atomic E-state index is 0.685. The van der Waals surface area contributed by atoms with Gasteiger partial charge in [0.1, 0.15) is 0 Å². The summed E-state index contributed by atoms with van der Waals surface area (Å²) in [7, 11) is 0. The maximum Gasteiger partial charge on any atom is 0.226 e. The van der Waals surface area contributed by atoms with Crippen LogP contribution in [0.15, 0.2) is 24.5 Å². The summed E-state index contributed by atoms with van der Waals surface area (Å²) in [5, 5.41) is 7.24. The first-order valence-corrected chi connectivity index (χ1v) is 6.96. The number of aromatic amines is 1. The lowest BCUT2D eigenvalue weighted by molar-refractivity contribution is 0.644. The third-order valence-electron chi connectivity index (χ3n) is 2.97. The quantitative estimate of drug-likeness (QED) is 0.825. The molecule has 5 nitrogen and oxygen atoms in total. The molecule has 0 aliphatic heterocycles. The van der Waals surface area contributed by atoms with Crippen molar-refractivity contribution in [3.63, 3.8) is 0 Å². The van der Waals surface area contributed by atoms with Gasteiger partial charge in [0, 0.05) is 32.0 Å². The second-order valence-electron chi connectivity index (χ2n) is 4.35. The maximum atomic E-state index is 5.28. The van der Waals surface area contributed by atoms with Crippen LogP contribution in [0.1, 0.15) is 25.8 Å². The monoisotopic (exact) mass is 277 g/mol. The SMILES string of the molecule is CCCn1c(N(CC)Cc2ccncc2)n[nH]c1=S. The Labute approximate surface area is 118 Å². The standard InChI is InChI=1S/C13H19N5S/c1-3-9-18-12(15-16-13(18)19)17(4-2)10-11-5-7-14-8-6-11/h5-8H,3-4,9-10H2,1-2H3,(H,16,19). The van der Waals surface area contributed by atoms with E-state index in [0.717, 1.165) is 32.0 Å². The summed E-state index contributed by atoms with van der Waals surface area (Å²) in [4.78, 5) is 6.25. The van der Waals surface area contributed by atoms with Gasteiger partial charge in [-0.25, -0.2) is 5.10 Å². The first-order valence-electron chi connectivity index (χ1n) is 6.55. The maximum absolute atomic E-state index is 5.28. The van der Waals surface area contributed by atoms with Crippen molar-refractivity contribution in [3.8, 4) is 0 Å². The minimum atomic E-state index is 0.685. The van der Waals surface area contributed by atoms with Gasteiger partial charge in [0.25, 0.3) is 0 Å². The van der Waals surface area contributed by atoms with E-state index >= 15 is 0 Å². The third kappa shape index (κ3) is 3.20. The van der Waals surface area contributed by atoms with E-state index in [2.05, 4.69) is 38.5 Å². The number of hydrogen-bond donors (Lipinski definition) is 1. The first-order chi connectivity index (χ1) is 9.26. The zero-order valence-electron chi connectivity index (χ0n) is 11.3. The van der Waals surface area contributed by atoms with Gasteiger partial charge in [-0.05, 0) is 43.3 Å². The van der Waals surface area contributed by atoms with Crippen molar-refractivity contribution in [1.82, 2.24) is 19.7 Å². The van der Waals surface area contributed by atoms with Gasteiger partial charge in [0.2, 0.25) is 5.95 Å². The molecule has 1 N–H and O–H groups in total. The average Bonchev–Trinajstić information content (AvgIpc) is 2.79. The highest BCUT2D eigenvalue weighted by Crippen LogP contribution is 2.15. The van der Waals surface area contributed by atoms with E-state index in [1.54, 1.807) is 0 Å². The smallest absolute Gasteiger partial charge is 0.226 e. The Bertz CT molecular complexity index is 560. The van der Waals surface area contributed by atoms with Gasteiger partial charge < -0.3 is 4.90 Å². The topological polar surface area (TPSA) is 49.7 Å². The molecular formula is C13H19N5S. The van der Waals surface area contributed by atoms with E-state index in [1.165, 1.54) is 5.56 Å². The summed E-state index contributed by atoms with van der Waals surface area (Å²) in [5.41, 5.74) is 1.22. The fraction of sp³-hybridized carbons (Fsp3) is 0.462. The third-order valence-corrected chi connectivity index (χ3v) is 3.28. The van der Waals surface area contributed by atoms with E-state index in [4.69, 9.17) is 12.2 Å². The van der Waals surface area contributed by atoms with Crippen LogP contribution in [0.2, 0.25) is 0 Å². The molecule has 2 aromatic heterocycles. The fourth-order valence-corrected chi connectivity index (χ4v) is 2.23. The molecule has 2 rings (SSSR count). The van der Waals surface area contributed by atoms with Crippen molar-refractivity contribution >= 4 is 18.2 Å². The van der Waals surface area contributed by atoms with Crippen molar-refractivity contribution in [2.24, 2.45) is 0 Å². The van der Waals surface area contributed by atoms with Crippen LogP contribution < -0.4 is 4.90 Å². The number of pyridine rings is 1. The highest BCUT2D eigenvalue weighted by atomic mass is 32.1. The molecule has 0 spiro atoms. The molecule has 102 valence electrons. The molecule has 19 heavy (non-hydrogen) atoms. The molecule has 0 aliphatic rings. The highest BCUT2D eigenvalue weighted by Gasteiger charge is 2.13. The van der Waals surface area contributed by atoms with Crippen molar-refractivity contribution in [3.05, 3.63) is 34.9 Å². The zero-order valence-corrected chi connectivity index (χ0v) is 12.2. The largest absolute Gasteiger partial charge is 0.337 e. The van der Waals surface area contributed by atoms with Crippen molar-refractivity contribution < 1.29 is 0 Å². The second kappa shape index (κ2) is 6.47. The van der Waals surface area contributed by atoms with Gasteiger partial charge in [-0.2, -0.15) is 0 Å². The van der Waals surface area contributed by atoms with Gasteiger partial charge in [-0.15, -0.1) is 5.10 Å². The van der Waals surface area contributed by atoms with Crippen molar-refractivity contribution in [2.75, 3.05) is 11.4 Å². The molecule has 0 saturated carbocycles. The number of nitrogens with zero attached hydrogens (tertiary/aromatic N) is 4. The van der Waals surface area contributed by atoms with Gasteiger partial charge in [0.05, 0.1) is 0 Å². The Morgan fingerprint density at radius 2 is 2.05 bits per heavy atom. The molecule has 0 unspecified atom stereocenters. The summed E-state index contributed by atoms with van der Waals surface area (Å²) in [5.74, 6) is 0.908. The lowest BCUT2D eigenvalue weighted by Gasteiger charge is -2.22. The summed E-state index contributed by atoms with van der Waals surface area (Å²) < 4.78 is 2.74. The number of aromatic nitrogens is 4. The summed E-state index contributed by atoms with van der Waals surface area (Å²) in [6.07, 6.45) is 4.66. The first kappa shape index (κ1) is 13.7. The summed E-state index contributed by atoms with van der Waals surface area (Å²) in [6.45, 7) is 6.83. The van der Waals surface area contributed by atoms with E-state index < -0.39 is 0 Å². The van der Waals surface area contributed by atoms with Crippen LogP contribution in [0, 0.1) is 4.77 Å². The van der Waals surface area contributed by atoms with Crippen LogP contribution in [0.25, 0.3) is 0 Å². The van der Waals surface area contributed by atoms with Gasteiger partial charge in [0.15, 0.2) is 4.77 Å². The Morgan fingerprint density at radius 3 is 2.68 bits per heavy atom. The van der Waals surface area contributed by atoms with E-state index in [-0.39, 0.29) is 0 Å². The van der Waals surface area contributed by atoms with E-state index in [1.807, 2.05) is 24.5 Å². The van der Waals surface area contributed by atoms with Gasteiger partial charge >= 0.3 is 0 Å². The van der Waals surface area contributed by atoms with E-state index in [0.29, 0.717) is 4.77 Å². The average molecular weight is 277 g/mol. The molecule has 0 bridgehead atoms. The lowest BCUT2D eigenvalue weighted by Crippen LogP contribution is -2.25. The van der Waals surface area contributed by atoms with Gasteiger partial charge in [-0.3, -0.25) is 9.55 Å². The van der Waals surface area contributed by atoms with Gasteiger partial charge in [-0.1, -0.05) is 6.92 Å². The molecular weight excluding hydrogens is 258 g/mol. The molecule has 0 radical (unpaired) electrons. The molecule has 2 heterocycles. The highest BCUT2D eigenvalue weighted by molar-refractivity contribution is 7.71. The second-order valence-corrected chi connectivity index (χ2v) is 4.74. The number of nitrogens with one attached hydrogen (secondary N) is 1. The number of anilines is 1. The van der Waals surface area contributed by atoms with Crippen LogP contribution in [0.5, 0.6) is 0 Å². The zero-order chi connectivity index (χ0) is 13.7. The molecule has 0 amide bonds. The molecule has 0 aliphatic carbocycles. The Kier molecular flexibility index (Phi) is 4.68. The minimum Gasteiger partial charge on any atom is -0.337 e. The number of hydrogen-bond acceptors (Lipinski definition) is 4. The lowest BCUT2D eigenvalue weighted by atomic mass is 10.2. The van der Waals surface area contributed by atoms with Crippen molar-refractivity contribution in [1.29, 1.82) is 0 Å². The van der Waals surface area contributed by atoms with Crippen LogP contribution in [0.4, 0.5) is 5.95 Å². The molecule has 0 aromatic carbocycles. The number of rotatable bonds is 6. The van der Waals surface area contributed by atoms with Crippen LogP contribution in [0.3, 0.4) is 0 Å². The Morgan fingerprint density at radius 1 is 1.32 bits per heavy atom. The fourth-order valence-electron chi connectivity index (χ4n) is 2.01. The van der Waals surface area contributed by atoms with E-state index in [9.17, 15) is 0 Å².